The molecule has 4 aromatic carbocycles. The molecule has 0 unspecified atom stereocenters. The third kappa shape index (κ3) is 4.61. The van der Waals surface area contributed by atoms with Crippen LogP contribution in [0.1, 0.15) is 22.3 Å². The molecular weight excluding hydrogens is 442 g/mol. The molecule has 0 saturated carbocycles. The summed E-state index contributed by atoms with van der Waals surface area (Å²) >= 11 is 0.967. The third-order valence-electron chi connectivity index (χ3n) is 5.80. The van der Waals surface area contributed by atoms with Gasteiger partial charge in [-0.1, -0.05) is 90.5 Å². The highest BCUT2D eigenvalue weighted by atomic mass is 32.2. The Bertz CT molecular complexity index is 1400. The fraction of sp³-hybridized carbons (Fsp3) is 0.103. The summed E-state index contributed by atoms with van der Waals surface area (Å²) in [7, 11) is 0. The molecule has 2 amide bonds. The maximum absolute atomic E-state index is 13.0. The molecule has 4 aromatic rings. The van der Waals surface area contributed by atoms with Crippen LogP contribution < -0.4 is 4.74 Å². The van der Waals surface area contributed by atoms with Crippen molar-refractivity contribution in [3.05, 3.63) is 118 Å². The van der Waals surface area contributed by atoms with Crippen LogP contribution >= 0.6 is 11.8 Å². The fourth-order valence-electron chi connectivity index (χ4n) is 3.96. The largest absolute Gasteiger partial charge is 0.488 e. The lowest BCUT2D eigenvalue weighted by molar-refractivity contribution is -0.123. The highest BCUT2D eigenvalue weighted by Crippen LogP contribution is 2.35. The van der Waals surface area contributed by atoms with Gasteiger partial charge in [-0.25, -0.2) is 0 Å². The van der Waals surface area contributed by atoms with Crippen LogP contribution in [-0.2, 0) is 17.9 Å². The molecule has 0 N–H and O–H groups in total. The zero-order valence-electron chi connectivity index (χ0n) is 18.7. The van der Waals surface area contributed by atoms with E-state index in [9.17, 15) is 9.59 Å². The molecule has 0 bridgehead atoms. The van der Waals surface area contributed by atoms with E-state index in [0.29, 0.717) is 17.3 Å². The maximum Gasteiger partial charge on any atom is 0.293 e. The molecule has 0 aromatic heterocycles. The second kappa shape index (κ2) is 9.57. The minimum Gasteiger partial charge on any atom is -0.488 e. The van der Waals surface area contributed by atoms with Crippen LogP contribution in [0.2, 0.25) is 0 Å². The van der Waals surface area contributed by atoms with Gasteiger partial charge in [0.15, 0.2) is 0 Å². The summed E-state index contributed by atoms with van der Waals surface area (Å²) in [6, 6.07) is 29.8. The second-order valence-electron chi connectivity index (χ2n) is 8.22. The van der Waals surface area contributed by atoms with Crippen LogP contribution in [0.25, 0.3) is 16.8 Å². The van der Waals surface area contributed by atoms with Crippen molar-refractivity contribution in [3.63, 3.8) is 0 Å². The fourth-order valence-corrected chi connectivity index (χ4v) is 4.79. The average Bonchev–Trinajstić information content (AvgIpc) is 3.12. The number of nitrogens with zero attached hydrogens (tertiary/aromatic N) is 1. The first-order chi connectivity index (χ1) is 16.6. The minimum atomic E-state index is -0.278. The number of para-hydroxylation sites is 1. The summed E-state index contributed by atoms with van der Waals surface area (Å²) in [4.78, 5) is 27.3. The monoisotopic (exact) mass is 465 g/mol. The third-order valence-corrected chi connectivity index (χ3v) is 6.71. The van der Waals surface area contributed by atoms with Gasteiger partial charge in [0, 0.05) is 5.56 Å². The number of hydrogen-bond acceptors (Lipinski definition) is 4. The Morgan fingerprint density at radius 1 is 0.853 bits per heavy atom. The Labute approximate surface area is 202 Å². The molecule has 0 atom stereocenters. The molecule has 5 rings (SSSR count). The summed E-state index contributed by atoms with van der Waals surface area (Å²) in [6.07, 6.45) is 1.75. The molecule has 1 aliphatic rings. The molecule has 4 nitrogen and oxygen atoms in total. The molecule has 1 heterocycles. The zero-order valence-corrected chi connectivity index (χ0v) is 19.5. The first-order valence-electron chi connectivity index (χ1n) is 11.1. The van der Waals surface area contributed by atoms with Crippen molar-refractivity contribution < 1.29 is 14.3 Å². The standard InChI is InChI=1S/C29H23NO3S/c1-20-13-15-21(16-14-20)18-30-28(31)27(34-29(30)32)17-23-8-3-5-12-26(23)33-19-24-10-6-9-22-7-2-4-11-25(22)24/h2-17H,18-19H2,1H3/b27-17-. The predicted octanol–water partition coefficient (Wildman–Crippen LogP) is 6.96. The quantitative estimate of drug-likeness (QED) is 0.289. The molecule has 0 spiro atoms. The van der Waals surface area contributed by atoms with E-state index in [1.54, 1.807) is 6.08 Å². The van der Waals surface area contributed by atoms with Crippen molar-refractivity contribution in [3.8, 4) is 5.75 Å². The highest BCUT2D eigenvalue weighted by molar-refractivity contribution is 8.18. The van der Waals surface area contributed by atoms with Gasteiger partial charge in [-0.05, 0) is 52.7 Å². The Hall–Kier alpha value is -3.83. The normalized spacial score (nSPS) is 14.9. The van der Waals surface area contributed by atoms with Crippen molar-refractivity contribution in [2.75, 3.05) is 0 Å². The van der Waals surface area contributed by atoms with E-state index in [1.165, 1.54) is 10.3 Å². The molecular formula is C29H23NO3S. The van der Waals surface area contributed by atoms with Gasteiger partial charge in [-0.3, -0.25) is 14.5 Å². The van der Waals surface area contributed by atoms with Crippen molar-refractivity contribution in [2.45, 2.75) is 20.1 Å². The number of hydrogen-bond donors (Lipinski definition) is 0. The van der Waals surface area contributed by atoms with Crippen LogP contribution in [0.5, 0.6) is 5.75 Å². The molecule has 168 valence electrons. The first kappa shape index (κ1) is 22.0. The number of thioether (sulfide) groups is 1. The Morgan fingerprint density at radius 3 is 2.44 bits per heavy atom. The minimum absolute atomic E-state index is 0.258. The van der Waals surface area contributed by atoms with Crippen LogP contribution in [0.4, 0.5) is 4.79 Å². The Balaban J connectivity index is 1.35. The van der Waals surface area contributed by atoms with E-state index in [0.717, 1.165) is 39.4 Å². The lowest BCUT2D eigenvalue weighted by atomic mass is 10.1. The molecule has 0 aliphatic carbocycles. The average molecular weight is 466 g/mol. The molecule has 34 heavy (non-hydrogen) atoms. The number of carbonyl (C=O) groups excluding carboxylic acids is 2. The van der Waals surface area contributed by atoms with Crippen LogP contribution in [0, 0.1) is 6.92 Å². The molecule has 1 fully saturated rings. The summed E-state index contributed by atoms with van der Waals surface area (Å²) in [5.41, 5.74) is 3.92. The van der Waals surface area contributed by atoms with Gasteiger partial charge in [0.2, 0.25) is 0 Å². The van der Waals surface area contributed by atoms with E-state index in [2.05, 4.69) is 24.3 Å². The Kier molecular flexibility index (Phi) is 6.19. The number of rotatable bonds is 6. The topological polar surface area (TPSA) is 46.6 Å². The summed E-state index contributed by atoms with van der Waals surface area (Å²) in [5, 5.41) is 2.06. The van der Waals surface area contributed by atoms with Gasteiger partial charge in [0.05, 0.1) is 11.4 Å². The van der Waals surface area contributed by atoms with E-state index < -0.39 is 0 Å². The van der Waals surface area contributed by atoms with Gasteiger partial charge in [-0.2, -0.15) is 0 Å². The first-order valence-corrected chi connectivity index (χ1v) is 11.9. The molecule has 0 radical (unpaired) electrons. The van der Waals surface area contributed by atoms with Gasteiger partial charge < -0.3 is 4.74 Å². The van der Waals surface area contributed by atoms with E-state index >= 15 is 0 Å². The smallest absolute Gasteiger partial charge is 0.293 e. The second-order valence-corrected chi connectivity index (χ2v) is 9.21. The highest BCUT2D eigenvalue weighted by Gasteiger charge is 2.35. The lowest BCUT2D eigenvalue weighted by Gasteiger charge is -2.13. The van der Waals surface area contributed by atoms with Crippen molar-refractivity contribution in [1.82, 2.24) is 4.90 Å². The number of ether oxygens (including phenoxy) is 1. The summed E-state index contributed by atoms with van der Waals surface area (Å²) in [6.45, 7) is 2.68. The number of aryl methyl sites for hydroxylation is 1. The van der Waals surface area contributed by atoms with Crippen molar-refractivity contribution in [2.24, 2.45) is 0 Å². The number of fused-ring (bicyclic) bond motifs is 1. The van der Waals surface area contributed by atoms with Gasteiger partial charge in [0.1, 0.15) is 12.4 Å². The van der Waals surface area contributed by atoms with E-state index in [4.69, 9.17) is 4.74 Å². The SMILES string of the molecule is Cc1ccc(CN2C(=O)S/C(=C\c3ccccc3OCc3cccc4ccccc34)C2=O)cc1. The van der Waals surface area contributed by atoms with Crippen LogP contribution in [0.15, 0.2) is 95.9 Å². The number of benzene rings is 4. The summed E-state index contributed by atoms with van der Waals surface area (Å²) in [5.74, 6) is 0.389. The number of imide groups is 1. The lowest BCUT2D eigenvalue weighted by Crippen LogP contribution is -2.27. The predicted molar refractivity (Wildman–Crippen MR) is 137 cm³/mol. The molecule has 1 aliphatic heterocycles. The van der Waals surface area contributed by atoms with Crippen molar-refractivity contribution in [1.29, 1.82) is 0 Å². The Morgan fingerprint density at radius 2 is 1.59 bits per heavy atom. The van der Waals surface area contributed by atoms with Crippen LogP contribution in [-0.4, -0.2) is 16.0 Å². The van der Waals surface area contributed by atoms with E-state index in [-0.39, 0.29) is 17.7 Å². The number of carbonyl (C=O) groups is 2. The van der Waals surface area contributed by atoms with Gasteiger partial charge in [0.25, 0.3) is 11.1 Å². The zero-order chi connectivity index (χ0) is 23.5. The van der Waals surface area contributed by atoms with Crippen molar-refractivity contribution >= 4 is 39.8 Å². The number of amides is 2. The van der Waals surface area contributed by atoms with E-state index in [1.807, 2.05) is 73.7 Å². The summed E-state index contributed by atoms with van der Waals surface area (Å²) < 4.78 is 6.17. The molecule has 5 heteroatoms. The van der Waals surface area contributed by atoms with Gasteiger partial charge >= 0.3 is 0 Å². The van der Waals surface area contributed by atoms with Gasteiger partial charge in [-0.15, -0.1) is 0 Å². The van der Waals surface area contributed by atoms with Crippen LogP contribution in [0.3, 0.4) is 0 Å². The molecule has 1 saturated heterocycles. The maximum atomic E-state index is 13.0.